The molecule has 0 saturated heterocycles. The fourth-order valence-electron chi connectivity index (χ4n) is 2.28. The summed E-state index contributed by atoms with van der Waals surface area (Å²) in [6.45, 7) is 2.00. The monoisotopic (exact) mass is 310 g/mol. The van der Waals surface area contributed by atoms with E-state index < -0.39 is 11.2 Å². The second-order valence-electron chi connectivity index (χ2n) is 4.79. The molecule has 1 aliphatic rings. The van der Waals surface area contributed by atoms with Gasteiger partial charge in [0.05, 0.1) is 10.5 Å². The van der Waals surface area contributed by atoms with Gasteiger partial charge in [-0.15, -0.1) is 0 Å². The highest BCUT2D eigenvalue weighted by Crippen LogP contribution is 2.45. The first kappa shape index (κ1) is 13.0. The first-order valence-electron chi connectivity index (χ1n) is 5.64. The Labute approximate surface area is 113 Å². The fourth-order valence-corrected chi connectivity index (χ4v) is 2.53. The molecular formula is C13H12BrFN2O. The number of carbonyl (C=O) groups excluding carboxylic acids is 1. The van der Waals surface area contributed by atoms with Crippen LogP contribution in [0.5, 0.6) is 0 Å². The smallest absolute Gasteiger partial charge is 0.244 e. The Bertz CT molecular complexity index is 532. The maximum Gasteiger partial charge on any atom is 0.244 e. The number of hydrogen-bond donors (Lipinski definition) is 1. The minimum atomic E-state index is -0.942. The lowest BCUT2D eigenvalue weighted by Gasteiger charge is -2.39. The van der Waals surface area contributed by atoms with Gasteiger partial charge in [-0.1, -0.05) is 6.92 Å². The lowest BCUT2D eigenvalue weighted by molar-refractivity contribution is -0.128. The molecule has 1 aliphatic carbocycles. The molecule has 0 aromatic heterocycles. The van der Waals surface area contributed by atoms with Crippen molar-refractivity contribution in [3.8, 4) is 6.07 Å². The molecule has 2 rings (SSSR count). The third kappa shape index (κ3) is 2.25. The van der Waals surface area contributed by atoms with Crippen LogP contribution in [0.25, 0.3) is 0 Å². The number of anilines is 1. The van der Waals surface area contributed by atoms with Crippen molar-refractivity contribution in [2.24, 2.45) is 11.3 Å². The van der Waals surface area contributed by atoms with Crippen LogP contribution < -0.4 is 5.32 Å². The second kappa shape index (κ2) is 4.69. The van der Waals surface area contributed by atoms with Crippen LogP contribution in [-0.4, -0.2) is 5.91 Å². The molecule has 94 valence electrons. The van der Waals surface area contributed by atoms with Crippen molar-refractivity contribution in [3.63, 3.8) is 0 Å². The number of hydrogen-bond acceptors (Lipinski definition) is 2. The molecular weight excluding hydrogens is 299 g/mol. The largest absolute Gasteiger partial charge is 0.325 e. The molecule has 0 aliphatic heterocycles. The predicted octanol–water partition coefficient (Wildman–Crippen LogP) is 3.47. The van der Waals surface area contributed by atoms with E-state index in [1.165, 1.54) is 12.1 Å². The van der Waals surface area contributed by atoms with E-state index in [0.29, 0.717) is 28.9 Å². The van der Waals surface area contributed by atoms with Gasteiger partial charge in [0.2, 0.25) is 5.91 Å². The summed E-state index contributed by atoms with van der Waals surface area (Å²) in [5, 5.41) is 11.7. The molecule has 5 heteroatoms. The van der Waals surface area contributed by atoms with E-state index in [0.717, 1.165) is 0 Å². The molecule has 1 aromatic rings. The average Bonchev–Trinajstić information content (AvgIpc) is 2.29. The first-order valence-corrected chi connectivity index (χ1v) is 6.44. The zero-order valence-electron chi connectivity index (χ0n) is 9.84. The highest BCUT2D eigenvalue weighted by Gasteiger charge is 2.48. The van der Waals surface area contributed by atoms with E-state index in [1.54, 1.807) is 6.07 Å². The summed E-state index contributed by atoms with van der Waals surface area (Å²) >= 11 is 3.04. The maximum absolute atomic E-state index is 13.3. The summed E-state index contributed by atoms with van der Waals surface area (Å²) in [5.74, 6) is -0.400. The van der Waals surface area contributed by atoms with Crippen molar-refractivity contribution in [3.05, 3.63) is 28.5 Å². The van der Waals surface area contributed by atoms with Crippen molar-refractivity contribution in [1.82, 2.24) is 0 Å². The lowest BCUT2D eigenvalue weighted by atomic mass is 9.63. The van der Waals surface area contributed by atoms with Crippen LogP contribution in [-0.2, 0) is 4.79 Å². The van der Waals surface area contributed by atoms with E-state index in [9.17, 15) is 9.18 Å². The minimum absolute atomic E-state index is 0.341. The lowest BCUT2D eigenvalue weighted by Crippen LogP contribution is -2.45. The van der Waals surface area contributed by atoms with Crippen LogP contribution in [0, 0.1) is 28.5 Å². The Morgan fingerprint density at radius 2 is 2.28 bits per heavy atom. The highest BCUT2D eigenvalue weighted by molar-refractivity contribution is 9.10. The van der Waals surface area contributed by atoms with Gasteiger partial charge in [-0.3, -0.25) is 4.79 Å². The van der Waals surface area contributed by atoms with Crippen LogP contribution in [0.4, 0.5) is 10.1 Å². The topological polar surface area (TPSA) is 52.9 Å². The fraction of sp³-hybridized carbons (Fsp3) is 0.385. The number of carbonyl (C=O) groups is 1. The molecule has 3 nitrogen and oxygen atoms in total. The van der Waals surface area contributed by atoms with E-state index in [-0.39, 0.29) is 5.91 Å². The van der Waals surface area contributed by atoms with Crippen molar-refractivity contribution in [1.29, 1.82) is 5.26 Å². The standard InChI is InChI=1S/C13H12BrFN2O/c1-8-5-13(6-8,7-16)12(18)17-9-2-3-10(14)11(15)4-9/h2-4,8H,5-6H2,1H3,(H,17,18). The number of halogens is 2. The molecule has 0 bridgehead atoms. The molecule has 1 aromatic carbocycles. The second-order valence-corrected chi connectivity index (χ2v) is 5.64. The zero-order valence-corrected chi connectivity index (χ0v) is 11.4. The number of nitrogens with zero attached hydrogens (tertiary/aromatic N) is 1. The maximum atomic E-state index is 13.3. The van der Waals surface area contributed by atoms with Crippen molar-refractivity contribution in [2.75, 3.05) is 5.32 Å². The third-order valence-corrected chi connectivity index (χ3v) is 3.86. The van der Waals surface area contributed by atoms with E-state index in [4.69, 9.17) is 5.26 Å². The molecule has 0 unspecified atom stereocenters. The molecule has 0 atom stereocenters. The number of amides is 1. The number of nitrogens with one attached hydrogen (secondary N) is 1. The van der Waals surface area contributed by atoms with Crippen LogP contribution >= 0.6 is 15.9 Å². The van der Waals surface area contributed by atoms with Crippen molar-refractivity contribution in [2.45, 2.75) is 19.8 Å². The van der Waals surface area contributed by atoms with Crippen LogP contribution in [0.1, 0.15) is 19.8 Å². The quantitative estimate of drug-likeness (QED) is 0.909. The molecule has 0 spiro atoms. The Hall–Kier alpha value is -1.41. The first-order chi connectivity index (χ1) is 8.47. The molecule has 0 radical (unpaired) electrons. The Morgan fingerprint density at radius 1 is 1.61 bits per heavy atom. The molecule has 1 N–H and O–H groups in total. The Balaban J connectivity index is 2.12. The van der Waals surface area contributed by atoms with Crippen molar-refractivity contribution >= 4 is 27.5 Å². The summed E-state index contributed by atoms with van der Waals surface area (Å²) in [4.78, 5) is 12.0. The van der Waals surface area contributed by atoms with Gasteiger partial charge < -0.3 is 5.32 Å². The number of rotatable bonds is 2. The molecule has 1 saturated carbocycles. The van der Waals surface area contributed by atoms with Gasteiger partial charge >= 0.3 is 0 Å². The number of benzene rings is 1. The summed E-state index contributed by atoms with van der Waals surface area (Å²) in [7, 11) is 0. The average molecular weight is 311 g/mol. The minimum Gasteiger partial charge on any atom is -0.325 e. The van der Waals surface area contributed by atoms with Gasteiger partial charge in [0.25, 0.3) is 0 Å². The van der Waals surface area contributed by atoms with Gasteiger partial charge in [-0.25, -0.2) is 4.39 Å². The van der Waals surface area contributed by atoms with Gasteiger partial charge in [-0.05, 0) is 52.9 Å². The Kier molecular flexibility index (Phi) is 3.40. The van der Waals surface area contributed by atoms with Gasteiger partial charge in [-0.2, -0.15) is 5.26 Å². The van der Waals surface area contributed by atoms with E-state index in [2.05, 4.69) is 27.3 Å². The Morgan fingerprint density at radius 3 is 2.78 bits per heavy atom. The summed E-state index contributed by atoms with van der Waals surface area (Å²) in [6.07, 6.45) is 1.13. The third-order valence-electron chi connectivity index (χ3n) is 3.22. The molecule has 0 heterocycles. The van der Waals surface area contributed by atoms with E-state index in [1.807, 2.05) is 6.92 Å². The summed E-state index contributed by atoms with van der Waals surface area (Å²) in [6, 6.07) is 6.42. The molecule has 1 amide bonds. The SMILES string of the molecule is CC1CC(C#N)(C(=O)Nc2ccc(Br)c(F)c2)C1. The molecule has 1 fully saturated rings. The van der Waals surface area contributed by atoms with Gasteiger partial charge in [0.1, 0.15) is 11.2 Å². The van der Waals surface area contributed by atoms with Crippen LogP contribution in [0.2, 0.25) is 0 Å². The normalized spacial score (nSPS) is 26.0. The van der Waals surface area contributed by atoms with Crippen molar-refractivity contribution < 1.29 is 9.18 Å². The summed E-state index contributed by atoms with van der Waals surface area (Å²) < 4.78 is 13.6. The van der Waals surface area contributed by atoms with Crippen LogP contribution in [0.15, 0.2) is 22.7 Å². The van der Waals surface area contributed by atoms with Crippen LogP contribution in [0.3, 0.4) is 0 Å². The summed E-state index contributed by atoms with van der Waals surface area (Å²) in [5.41, 5.74) is -0.571. The van der Waals surface area contributed by atoms with Gasteiger partial charge in [0.15, 0.2) is 0 Å². The highest BCUT2D eigenvalue weighted by atomic mass is 79.9. The van der Waals surface area contributed by atoms with Gasteiger partial charge in [0, 0.05) is 5.69 Å². The predicted molar refractivity (Wildman–Crippen MR) is 69.2 cm³/mol. The number of nitriles is 1. The molecule has 18 heavy (non-hydrogen) atoms. The van der Waals surface area contributed by atoms with E-state index >= 15 is 0 Å². The zero-order chi connectivity index (χ0) is 13.3.